The fraction of sp³-hybridized carbons (Fsp3) is 0.923. The molecule has 98 valence electrons. The molecule has 0 aromatic carbocycles. The quantitative estimate of drug-likeness (QED) is 0.652. The van der Waals surface area contributed by atoms with Crippen LogP contribution in [0.15, 0.2) is 0 Å². The molecule has 0 spiro atoms. The molecular weight excluding hydrogens is 202 g/mol. The molecule has 0 bridgehead atoms. The van der Waals surface area contributed by atoms with Gasteiger partial charge in [-0.25, -0.2) is 0 Å². The first-order valence-electron chi connectivity index (χ1n) is 6.54. The smallest absolute Gasteiger partial charge is 0.222 e. The zero-order valence-electron chi connectivity index (χ0n) is 11.6. The van der Waals surface area contributed by atoms with Gasteiger partial charge in [-0.15, -0.1) is 0 Å². The lowest BCUT2D eigenvalue weighted by molar-refractivity contribution is -0.124. The van der Waals surface area contributed by atoms with E-state index in [1.807, 2.05) is 27.7 Å². The predicted octanol–water partition coefficient (Wildman–Crippen LogP) is 2.99. The van der Waals surface area contributed by atoms with Crippen molar-refractivity contribution in [3.63, 3.8) is 0 Å². The number of unbranched alkanes of at least 4 members (excludes halogenated alkanes) is 1. The number of carbonyl (C=O) groups is 1. The number of ether oxygens (including phenoxy) is 1. The molecule has 0 atom stereocenters. The summed E-state index contributed by atoms with van der Waals surface area (Å²) in [5.41, 5.74) is 0. The molecule has 1 amide bonds. The zero-order valence-corrected chi connectivity index (χ0v) is 11.6. The maximum atomic E-state index is 11.1. The van der Waals surface area contributed by atoms with E-state index in [1.54, 1.807) is 0 Å². The summed E-state index contributed by atoms with van der Waals surface area (Å²) in [5.74, 6) is 0.203. The molecule has 0 unspecified atom stereocenters. The Hall–Kier alpha value is -0.570. The van der Waals surface area contributed by atoms with E-state index in [-0.39, 0.29) is 11.8 Å². The van der Waals surface area contributed by atoms with Crippen LogP contribution in [0.1, 0.15) is 53.9 Å². The third-order valence-electron chi connectivity index (χ3n) is 1.93. The molecule has 0 heterocycles. The van der Waals surface area contributed by atoms with Crippen molar-refractivity contribution in [3.8, 4) is 0 Å². The molecule has 0 aromatic heterocycles. The van der Waals surface area contributed by atoms with Crippen LogP contribution < -0.4 is 5.32 Å². The van der Waals surface area contributed by atoms with E-state index in [0.717, 1.165) is 32.6 Å². The maximum Gasteiger partial charge on any atom is 0.222 e. The van der Waals surface area contributed by atoms with Crippen molar-refractivity contribution in [2.24, 2.45) is 5.92 Å². The van der Waals surface area contributed by atoms with Gasteiger partial charge in [-0.05, 0) is 12.8 Å². The van der Waals surface area contributed by atoms with Crippen LogP contribution in [0.5, 0.6) is 0 Å². The van der Waals surface area contributed by atoms with Gasteiger partial charge in [-0.1, -0.05) is 41.0 Å². The highest BCUT2D eigenvalue weighted by atomic mass is 16.5. The van der Waals surface area contributed by atoms with Gasteiger partial charge in [-0.2, -0.15) is 0 Å². The molecule has 0 rings (SSSR count). The summed E-state index contributed by atoms with van der Waals surface area (Å²) in [5, 5.41) is 2.85. The molecule has 0 saturated heterocycles. The summed E-state index contributed by atoms with van der Waals surface area (Å²) >= 11 is 0. The first-order chi connectivity index (χ1) is 7.68. The van der Waals surface area contributed by atoms with E-state index < -0.39 is 0 Å². The number of amides is 1. The average molecular weight is 231 g/mol. The van der Waals surface area contributed by atoms with Crippen LogP contribution in [0.3, 0.4) is 0 Å². The Morgan fingerprint density at radius 2 is 1.75 bits per heavy atom. The minimum absolute atomic E-state index is 0.0796. The van der Waals surface area contributed by atoms with Gasteiger partial charge in [0.25, 0.3) is 0 Å². The van der Waals surface area contributed by atoms with Crippen molar-refractivity contribution in [1.82, 2.24) is 5.32 Å². The minimum Gasteiger partial charge on any atom is -0.381 e. The second-order valence-electron chi connectivity index (χ2n) is 3.77. The topological polar surface area (TPSA) is 38.3 Å². The average Bonchev–Trinajstić information content (AvgIpc) is 2.30. The fourth-order valence-electron chi connectivity index (χ4n) is 0.938. The Morgan fingerprint density at radius 3 is 2.25 bits per heavy atom. The van der Waals surface area contributed by atoms with Gasteiger partial charge >= 0.3 is 0 Å². The number of rotatable bonds is 8. The van der Waals surface area contributed by atoms with Gasteiger partial charge in [0.2, 0.25) is 5.91 Å². The van der Waals surface area contributed by atoms with Crippen LogP contribution in [-0.2, 0) is 9.53 Å². The Balaban J connectivity index is 0. The van der Waals surface area contributed by atoms with Crippen molar-refractivity contribution >= 4 is 5.91 Å². The first kappa shape index (κ1) is 17.8. The van der Waals surface area contributed by atoms with Crippen molar-refractivity contribution in [1.29, 1.82) is 0 Å². The molecule has 16 heavy (non-hydrogen) atoms. The standard InChI is InChI=1S/C11H23NO2.C2H6/c1-4-5-8-14-9-6-7-12-11(13)10(2)3;1-2/h10H,4-9H2,1-3H3,(H,12,13);1-2H3. The van der Waals surface area contributed by atoms with Gasteiger partial charge in [0.1, 0.15) is 0 Å². The minimum atomic E-state index is 0.0796. The van der Waals surface area contributed by atoms with E-state index in [1.165, 1.54) is 6.42 Å². The summed E-state index contributed by atoms with van der Waals surface area (Å²) < 4.78 is 5.37. The summed E-state index contributed by atoms with van der Waals surface area (Å²) in [7, 11) is 0. The second kappa shape index (κ2) is 14.4. The Bertz CT molecular complexity index is 147. The number of carbonyl (C=O) groups excluding carboxylic acids is 1. The third kappa shape index (κ3) is 13.4. The van der Waals surface area contributed by atoms with Crippen molar-refractivity contribution < 1.29 is 9.53 Å². The Morgan fingerprint density at radius 1 is 1.19 bits per heavy atom. The first-order valence-corrected chi connectivity index (χ1v) is 6.54. The molecule has 1 N–H and O–H groups in total. The monoisotopic (exact) mass is 231 g/mol. The van der Waals surface area contributed by atoms with Crippen LogP contribution in [0, 0.1) is 5.92 Å². The number of hydrogen-bond donors (Lipinski definition) is 1. The van der Waals surface area contributed by atoms with Crippen LogP contribution >= 0.6 is 0 Å². The van der Waals surface area contributed by atoms with E-state index in [2.05, 4.69) is 12.2 Å². The molecule has 3 heteroatoms. The Labute approximate surface area is 101 Å². The SMILES string of the molecule is CC.CCCCOCCCNC(=O)C(C)C. The van der Waals surface area contributed by atoms with E-state index in [9.17, 15) is 4.79 Å². The third-order valence-corrected chi connectivity index (χ3v) is 1.93. The lowest BCUT2D eigenvalue weighted by Gasteiger charge is -2.07. The summed E-state index contributed by atoms with van der Waals surface area (Å²) in [4.78, 5) is 11.1. The predicted molar refractivity (Wildman–Crippen MR) is 69.5 cm³/mol. The highest BCUT2D eigenvalue weighted by Gasteiger charge is 2.04. The number of hydrogen-bond acceptors (Lipinski definition) is 2. The second-order valence-corrected chi connectivity index (χ2v) is 3.77. The normalized spacial score (nSPS) is 9.62. The molecule has 0 aliphatic carbocycles. The van der Waals surface area contributed by atoms with Crippen molar-refractivity contribution in [3.05, 3.63) is 0 Å². The van der Waals surface area contributed by atoms with Gasteiger partial charge in [-0.3, -0.25) is 4.79 Å². The van der Waals surface area contributed by atoms with Crippen molar-refractivity contribution in [2.75, 3.05) is 19.8 Å². The molecule has 0 aliphatic heterocycles. The molecule has 0 radical (unpaired) electrons. The van der Waals surface area contributed by atoms with E-state index in [4.69, 9.17) is 4.74 Å². The van der Waals surface area contributed by atoms with E-state index >= 15 is 0 Å². The summed E-state index contributed by atoms with van der Waals surface area (Å²) in [6.45, 7) is 12.3. The summed E-state index contributed by atoms with van der Waals surface area (Å²) in [6.07, 6.45) is 3.20. The van der Waals surface area contributed by atoms with Crippen LogP contribution in [0.4, 0.5) is 0 Å². The number of nitrogens with one attached hydrogen (secondary N) is 1. The molecule has 3 nitrogen and oxygen atoms in total. The molecule has 0 fully saturated rings. The van der Waals surface area contributed by atoms with Gasteiger partial charge in [0.05, 0.1) is 0 Å². The molecule has 0 saturated carbocycles. The van der Waals surface area contributed by atoms with E-state index in [0.29, 0.717) is 0 Å². The maximum absolute atomic E-state index is 11.1. The van der Waals surface area contributed by atoms with Crippen LogP contribution in [0.2, 0.25) is 0 Å². The van der Waals surface area contributed by atoms with Crippen LogP contribution in [0.25, 0.3) is 0 Å². The zero-order chi connectivity index (χ0) is 12.8. The lowest BCUT2D eigenvalue weighted by Crippen LogP contribution is -2.29. The highest BCUT2D eigenvalue weighted by molar-refractivity contribution is 5.77. The molecular formula is C13H29NO2. The highest BCUT2D eigenvalue weighted by Crippen LogP contribution is 1.92. The van der Waals surface area contributed by atoms with Gasteiger partial charge < -0.3 is 10.1 Å². The van der Waals surface area contributed by atoms with Crippen molar-refractivity contribution in [2.45, 2.75) is 53.9 Å². The lowest BCUT2D eigenvalue weighted by atomic mass is 10.2. The van der Waals surface area contributed by atoms with Gasteiger partial charge in [0.15, 0.2) is 0 Å². The molecule has 0 aliphatic rings. The molecule has 0 aromatic rings. The van der Waals surface area contributed by atoms with Crippen LogP contribution in [-0.4, -0.2) is 25.7 Å². The Kier molecular flexibility index (Phi) is 16.1. The fourth-order valence-corrected chi connectivity index (χ4v) is 0.938. The largest absolute Gasteiger partial charge is 0.381 e. The summed E-state index contributed by atoms with van der Waals surface area (Å²) in [6, 6.07) is 0. The van der Waals surface area contributed by atoms with Gasteiger partial charge in [0, 0.05) is 25.7 Å².